The lowest BCUT2D eigenvalue weighted by molar-refractivity contribution is 0.195. The van der Waals surface area contributed by atoms with Crippen molar-refractivity contribution in [3.8, 4) is 11.3 Å². The zero-order chi connectivity index (χ0) is 14.9. The van der Waals surface area contributed by atoms with Crippen LogP contribution in [0.25, 0.3) is 22.2 Å². The van der Waals surface area contributed by atoms with E-state index in [4.69, 9.17) is 4.74 Å². The lowest BCUT2D eigenvalue weighted by Crippen LogP contribution is -2.19. The minimum atomic E-state index is 0.363. The number of H-pyrrole nitrogens is 1. The third-order valence-corrected chi connectivity index (χ3v) is 3.99. The molecule has 0 saturated carbocycles. The highest BCUT2D eigenvalue weighted by Gasteiger charge is 2.15. The highest BCUT2D eigenvalue weighted by atomic mass is 16.5. The molecule has 5 nitrogen and oxygen atoms in total. The SMILES string of the molecule is Cc1cc(-c2cc3cnc(N[C@@H]4CCOC4)cc3[nH]2)ccn1. The van der Waals surface area contributed by atoms with Gasteiger partial charge in [0.05, 0.1) is 18.2 Å². The summed E-state index contributed by atoms with van der Waals surface area (Å²) in [5.41, 5.74) is 4.32. The molecule has 3 aromatic heterocycles. The molecule has 1 atom stereocenters. The Morgan fingerprint density at radius 1 is 1.27 bits per heavy atom. The zero-order valence-electron chi connectivity index (χ0n) is 12.5. The molecule has 0 unspecified atom stereocenters. The van der Waals surface area contributed by atoms with E-state index in [-0.39, 0.29) is 0 Å². The fourth-order valence-corrected chi connectivity index (χ4v) is 2.83. The molecule has 1 aliphatic rings. The van der Waals surface area contributed by atoms with Gasteiger partial charge in [-0.2, -0.15) is 0 Å². The first-order chi connectivity index (χ1) is 10.8. The van der Waals surface area contributed by atoms with Crippen molar-refractivity contribution >= 4 is 16.7 Å². The van der Waals surface area contributed by atoms with Gasteiger partial charge < -0.3 is 15.0 Å². The number of fused-ring (bicyclic) bond motifs is 1. The second-order valence-corrected chi connectivity index (χ2v) is 5.73. The number of hydrogen-bond donors (Lipinski definition) is 2. The molecule has 0 amide bonds. The summed E-state index contributed by atoms with van der Waals surface area (Å²) >= 11 is 0. The molecule has 5 heteroatoms. The lowest BCUT2D eigenvalue weighted by atomic mass is 10.2. The summed E-state index contributed by atoms with van der Waals surface area (Å²) in [6.45, 7) is 3.58. The molecule has 22 heavy (non-hydrogen) atoms. The molecule has 4 rings (SSSR count). The summed E-state index contributed by atoms with van der Waals surface area (Å²) in [5.74, 6) is 0.891. The van der Waals surface area contributed by atoms with E-state index in [9.17, 15) is 0 Å². The van der Waals surface area contributed by atoms with Gasteiger partial charge in [0.1, 0.15) is 5.82 Å². The van der Waals surface area contributed by atoms with Gasteiger partial charge in [0.25, 0.3) is 0 Å². The van der Waals surface area contributed by atoms with Crippen LogP contribution in [0.1, 0.15) is 12.1 Å². The first-order valence-corrected chi connectivity index (χ1v) is 7.54. The van der Waals surface area contributed by atoms with Crippen LogP contribution in [0.5, 0.6) is 0 Å². The average Bonchev–Trinajstić information content (AvgIpc) is 3.16. The van der Waals surface area contributed by atoms with Gasteiger partial charge in [-0.05, 0) is 31.5 Å². The van der Waals surface area contributed by atoms with Crippen molar-refractivity contribution in [2.75, 3.05) is 18.5 Å². The summed E-state index contributed by atoms with van der Waals surface area (Å²) < 4.78 is 5.39. The maximum atomic E-state index is 5.39. The molecular weight excluding hydrogens is 276 g/mol. The molecule has 0 spiro atoms. The van der Waals surface area contributed by atoms with Crippen molar-refractivity contribution in [1.29, 1.82) is 0 Å². The van der Waals surface area contributed by atoms with Crippen molar-refractivity contribution in [1.82, 2.24) is 15.0 Å². The van der Waals surface area contributed by atoms with E-state index >= 15 is 0 Å². The largest absolute Gasteiger partial charge is 0.379 e. The predicted molar refractivity (Wildman–Crippen MR) is 86.9 cm³/mol. The Kier molecular flexibility index (Phi) is 3.27. The molecule has 1 aliphatic heterocycles. The Morgan fingerprint density at radius 3 is 3.05 bits per heavy atom. The van der Waals surface area contributed by atoms with E-state index in [1.807, 2.05) is 25.4 Å². The second kappa shape index (κ2) is 5.42. The number of nitrogens with one attached hydrogen (secondary N) is 2. The van der Waals surface area contributed by atoms with E-state index < -0.39 is 0 Å². The van der Waals surface area contributed by atoms with Gasteiger partial charge in [-0.1, -0.05) is 0 Å². The van der Waals surface area contributed by atoms with Crippen LogP contribution in [0.2, 0.25) is 0 Å². The van der Waals surface area contributed by atoms with Crippen LogP contribution in [0, 0.1) is 6.92 Å². The van der Waals surface area contributed by atoms with Crippen LogP contribution < -0.4 is 5.32 Å². The molecule has 3 aromatic rings. The van der Waals surface area contributed by atoms with Gasteiger partial charge in [-0.15, -0.1) is 0 Å². The number of ether oxygens (including phenoxy) is 1. The molecule has 1 saturated heterocycles. The summed E-state index contributed by atoms with van der Waals surface area (Å²) in [6.07, 6.45) is 4.77. The lowest BCUT2D eigenvalue weighted by Gasteiger charge is -2.10. The first kappa shape index (κ1) is 13.3. The van der Waals surface area contributed by atoms with Crippen LogP contribution >= 0.6 is 0 Å². The minimum absolute atomic E-state index is 0.363. The van der Waals surface area contributed by atoms with E-state index in [0.29, 0.717) is 6.04 Å². The highest BCUT2D eigenvalue weighted by Crippen LogP contribution is 2.25. The molecule has 0 radical (unpaired) electrons. The molecule has 1 fully saturated rings. The normalized spacial score (nSPS) is 18.0. The molecule has 0 bridgehead atoms. The fraction of sp³-hybridized carbons (Fsp3) is 0.294. The quantitative estimate of drug-likeness (QED) is 0.779. The standard InChI is InChI=1S/C17H18N4O/c1-11-6-12(2-4-18-11)15-7-13-9-19-17(8-16(13)21-15)20-14-3-5-22-10-14/h2,4,6-9,14,21H,3,5,10H2,1H3,(H,19,20)/t14-/m1/s1. The maximum absolute atomic E-state index is 5.39. The van der Waals surface area contributed by atoms with Crippen LogP contribution in [0.3, 0.4) is 0 Å². The van der Waals surface area contributed by atoms with Gasteiger partial charge >= 0.3 is 0 Å². The number of rotatable bonds is 3. The number of nitrogens with zero attached hydrogens (tertiary/aromatic N) is 2. The topological polar surface area (TPSA) is 62.8 Å². The van der Waals surface area contributed by atoms with E-state index in [1.54, 1.807) is 0 Å². The highest BCUT2D eigenvalue weighted by molar-refractivity contribution is 5.86. The Hall–Kier alpha value is -2.40. The van der Waals surface area contributed by atoms with Crippen molar-refractivity contribution < 1.29 is 4.74 Å². The molecule has 0 aliphatic carbocycles. The summed E-state index contributed by atoms with van der Waals surface area (Å²) in [4.78, 5) is 12.2. The zero-order valence-corrected chi connectivity index (χ0v) is 12.5. The summed E-state index contributed by atoms with van der Waals surface area (Å²) in [6, 6.07) is 8.64. The van der Waals surface area contributed by atoms with Crippen molar-refractivity contribution in [2.24, 2.45) is 0 Å². The number of hydrogen-bond acceptors (Lipinski definition) is 4. The van der Waals surface area contributed by atoms with Crippen molar-refractivity contribution in [3.05, 3.63) is 42.4 Å². The third kappa shape index (κ3) is 2.55. The monoisotopic (exact) mass is 294 g/mol. The maximum Gasteiger partial charge on any atom is 0.128 e. The van der Waals surface area contributed by atoms with Gasteiger partial charge in [0.2, 0.25) is 0 Å². The Bertz CT molecular complexity index is 805. The molecule has 112 valence electrons. The molecule has 0 aromatic carbocycles. The van der Waals surface area contributed by atoms with Gasteiger partial charge in [-0.3, -0.25) is 4.98 Å². The van der Waals surface area contributed by atoms with E-state index in [0.717, 1.165) is 53.3 Å². The minimum Gasteiger partial charge on any atom is -0.379 e. The number of aryl methyl sites for hydroxylation is 1. The smallest absolute Gasteiger partial charge is 0.128 e. The third-order valence-electron chi connectivity index (χ3n) is 3.99. The van der Waals surface area contributed by atoms with Crippen LogP contribution in [-0.2, 0) is 4.74 Å². The first-order valence-electron chi connectivity index (χ1n) is 7.54. The Morgan fingerprint density at radius 2 is 2.23 bits per heavy atom. The summed E-state index contributed by atoms with van der Waals surface area (Å²) in [7, 11) is 0. The summed E-state index contributed by atoms with van der Waals surface area (Å²) in [5, 5.41) is 4.53. The van der Waals surface area contributed by atoms with Gasteiger partial charge in [-0.25, -0.2) is 4.98 Å². The number of pyridine rings is 2. The molecule has 2 N–H and O–H groups in total. The number of aromatic amines is 1. The second-order valence-electron chi connectivity index (χ2n) is 5.73. The van der Waals surface area contributed by atoms with E-state index in [1.165, 1.54) is 0 Å². The van der Waals surface area contributed by atoms with Crippen LogP contribution in [0.15, 0.2) is 36.7 Å². The van der Waals surface area contributed by atoms with E-state index in [2.05, 4.69) is 38.5 Å². The predicted octanol–water partition coefficient (Wildman–Crippen LogP) is 3.13. The molecular formula is C17H18N4O. The molecule has 4 heterocycles. The Labute approximate surface area is 128 Å². The Balaban J connectivity index is 1.65. The fourth-order valence-electron chi connectivity index (χ4n) is 2.83. The van der Waals surface area contributed by atoms with Crippen molar-refractivity contribution in [3.63, 3.8) is 0 Å². The van der Waals surface area contributed by atoms with Crippen LogP contribution in [0.4, 0.5) is 5.82 Å². The number of anilines is 1. The van der Waals surface area contributed by atoms with Crippen LogP contribution in [-0.4, -0.2) is 34.2 Å². The van der Waals surface area contributed by atoms with Crippen molar-refractivity contribution in [2.45, 2.75) is 19.4 Å². The van der Waals surface area contributed by atoms with Gasteiger partial charge in [0.15, 0.2) is 0 Å². The average molecular weight is 294 g/mol. The van der Waals surface area contributed by atoms with Gasteiger partial charge in [0, 0.05) is 47.4 Å². The number of aromatic nitrogens is 3.